The van der Waals surface area contributed by atoms with E-state index in [1.54, 1.807) is 28.4 Å². The lowest BCUT2D eigenvalue weighted by molar-refractivity contribution is 0.178. The van der Waals surface area contributed by atoms with E-state index in [-0.39, 0.29) is 12.2 Å². The van der Waals surface area contributed by atoms with Gasteiger partial charge in [-0.05, 0) is 85.7 Å². The normalized spacial score (nSPS) is 11.6. The standard InChI is InChI=1S/C18H17ClN4O3.C18H18N4O4.Cl3OP/c1-8-15(9(2)26-23-8)11-5-12-10(6-13(11)25-4)16-17(19)21-14(7-24-3)22-18(16)20-12;1-8-15(9(2)26-22-8)11-5-12-10(6-13(11)25-4)16-17(19-12)20-14(7-24-3)21-18(16)23;1-5(2,3)4/h5-6H,7H2,1-4H3,(H,20,21,22);5-6H,7H2,1-4H3,(H2,19,20,21,23);. The number of halogens is 4. The minimum Gasteiger partial charge on any atom is -0.496 e. The Labute approximate surface area is 343 Å². The highest BCUT2D eigenvalue weighted by Crippen LogP contribution is 2.61. The largest absolute Gasteiger partial charge is 0.496 e. The number of benzene rings is 2. The van der Waals surface area contributed by atoms with Gasteiger partial charge in [-0.15, -0.1) is 0 Å². The average molecular weight is 881 g/mol. The van der Waals surface area contributed by atoms with Crippen molar-refractivity contribution in [2.45, 2.75) is 40.9 Å². The molecule has 3 N–H and O–H groups in total. The summed E-state index contributed by atoms with van der Waals surface area (Å²) in [5.41, 5.74) is 7.71. The molecule has 16 nitrogen and oxygen atoms in total. The minimum atomic E-state index is -3.22. The molecule has 0 saturated heterocycles. The fourth-order valence-corrected chi connectivity index (χ4v) is 6.85. The van der Waals surface area contributed by atoms with Gasteiger partial charge in [-0.1, -0.05) is 21.9 Å². The molecule has 21 heteroatoms. The molecular weight excluding hydrogens is 845 g/mol. The molecule has 0 spiro atoms. The van der Waals surface area contributed by atoms with Crippen molar-refractivity contribution in [3.05, 3.63) is 74.3 Å². The summed E-state index contributed by atoms with van der Waals surface area (Å²) in [4.78, 5) is 35.1. The summed E-state index contributed by atoms with van der Waals surface area (Å²) in [7, 11) is 6.37. The maximum Gasteiger partial charge on any atom is 0.339 e. The van der Waals surface area contributed by atoms with Crippen molar-refractivity contribution in [3.63, 3.8) is 0 Å². The van der Waals surface area contributed by atoms with Crippen molar-refractivity contribution in [2.24, 2.45) is 0 Å². The van der Waals surface area contributed by atoms with Gasteiger partial charge in [0.25, 0.3) is 5.56 Å². The Bertz CT molecular complexity index is 2830. The van der Waals surface area contributed by atoms with Crippen LogP contribution in [0.4, 0.5) is 0 Å². The first kappa shape index (κ1) is 41.9. The Morgan fingerprint density at radius 1 is 0.684 bits per heavy atom. The maximum atomic E-state index is 12.5. The van der Waals surface area contributed by atoms with Gasteiger partial charge in [-0.25, -0.2) is 15.0 Å². The SMILES string of the molecule is COCc1nc(Cl)c2c(n1)[nH]c1cc(-c3c(C)noc3C)c(OC)cc12.COCc1nc2[nH]c3cc(-c4c(C)noc4C)c(OC)cc3c2c(=O)[nH]1.O=P(Cl)(Cl)Cl. The molecule has 6 aromatic heterocycles. The van der Waals surface area contributed by atoms with E-state index in [9.17, 15) is 9.36 Å². The van der Waals surface area contributed by atoms with Gasteiger partial charge in [-0.2, -0.15) is 0 Å². The Morgan fingerprint density at radius 2 is 1.16 bits per heavy atom. The molecule has 0 bridgehead atoms. The van der Waals surface area contributed by atoms with Crippen LogP contribution in [0.3, 0.4) is 0 Å². The van der Waals surface area contributed by atoms with Gasteiger partial charge < -0.3 is 42.9 Å². The predicted molar refractivity (Wildman–Crippen MR) is 220 cm³/mol. The number of aromatic amines is 3. The maximum absolute atomic E-state index is 12.5. The van der Waals surface area contributed by atoms with Crippen molar-refractivity contribution < 1.29 is 32.6 Å². The second-order valence-electron chi connectivity index (χ2n) is 12.5. The summed E-state index contributed by atoms with van der Waals surface area (Å²) in [5.74, 6) is 3.76. The molecule has 57 heavy (non-hydrogen) atoms. The van der Waals surface area contributed by atoms with Crippen LogP contribution in [0.5, 0.6) is 11.5 Å². The van der Waals surface area contributed by atoms with E-state index in [1.165, 1.54) is 0 Å². The van der Waals surface area contributed by atoms with Crippen LogP contribution in [0.2, 0.25) is 5.15 Å². The summed E-state index contributed by atoms with van der Waals surface area (Å²) in [6.45, 7) is 8.04. The number of hydrogen-bond acceptors (Lipinski definition) is 13. The number of hydrogen-bond donors (Lipinski definition) is 3. The highest BCUT2D eigenvalue weighted by Gasteiger charge is 2.22. The monoisotopic (exact) mass is 878 g/mol. The lowest BCUT2D eigenvalue weighted by atomic mass is 10.0. The van der Waals surface area contributed by atoms with Crippen LogP contribution in [0, 0.1) is 27.7 Å². The summed E-state index contributed by atoms with van der Waals surface area (Å²) >= 11 is 20.3. The summed E-state index contributed by atoms with van der Waals surface area (Å²) in [5, 5.41) is 8.08. The highest BCUT2D eigenvalue weighted by molar-refractivity contribution is 8.24. The summed E-state index contributed by atoms with van der Waals surface area (Å²) in [6.07, 6.45) is 0. The first-order valence-corrected chi connectivity index (χ1v) is 21.6. The first-order valence-electron chi connectivity index (χ1n) is 16.8. The number of aromatic nitrogens is 8. The molecule has 300 valence electrons. The molecule has 6 heterocycles. The number of H-pyrrole nitrogens is 3. The Hall–Kier alpha value is -4.67. The van der Waals surface area contributed by atoms with Crippen molar-refractivity contribution in [2.75, 3.05) is 28.4 Å². The fraction of sp³-hybridized carbons (Fsp3) is 0.278. The lowest BCUT2D eigenvalue weighted by Gasteiger charge is -2.09. The fourth-order valence-electron chi connectivity index (χ4n) is 6.56. The van der Waals surface area contributed by atoms with E-state index in [1.807, 2.05) is 52.0 Å². The Kier molecular flexibility index (Phi) is 12.5. The van der Waals surface area contributed by atoms with E-state index < -0.39 is 5.20 Å². The lowest BCUT2D eigenvalue weighted by Crippen LogP contribution is -2.11. The molecule has 0 radical (unpaired) electrons. The third-order valence-corrected chi connectivity index (χ3v) is 9.04. The number of nitrogens with zero attached hydrogens (tertiary/aromatic N) is 5. The molecule has 0 aliphatic rings. The number of nitrogens with one attached hydrogen (secondary N) is 3. The van der Waals surface area contributed by atoms with Crippen molar-refractivity contribution in [1.29, 1.82) is 0 Å². The molecule has 0 aliphatic heterocycles. The van der Waals surface area contributed by atoms with Crippen LogP contribution in [0.25, 0.3) is 66.1 Å². The molecule has 0 unspecified atom stereocenters. The van der Waals surface area contributed by atoms with Crippen LogP contribution < -0.4 is 15.0 Å². The Morgan fingerprint density at radius 3 is 1.60 bits per heavy atom. The number of fused-ring (bicyclic) bond motifs is 6. The average Bonchev–Trinajstić information content (AvgIpc) is 3.88. The Balaban J connectivity index is 0.000000173. The molecule has 0 fully saturated rings. The molecule has 8 aromatic rings. The van der Waals surface area contributed by atoms with E-state index in [4.69, 9.17) is 39.6 Å². The second kappa shape index (κ2) is 17.0. The molecule has 0 saturated carbocycles. The molecule has 0 aliphatic carbocycles. The quantitative estimate of drug-likeness (QED) is 0.0960. The first-order chi connectivity index (χ1) is 27.1. The number of ether oxygens (including phenoxy) is 4. The van der Waals surface area contributed by atoms with Crippen molar-refractivity contribution >= 4 is 94.4 Å². The zero-order valence-electron chi connectivity index (χ0n) is 31.7. The van der Waals surface area contributed by atoms with Crippen molar-refractivity contribution in [3.8, 4) is 33.8 Å². The summed E-state index contributed by atoms with van der Waals surface area (Å²) < 4.78 is 41.5. The van der Waals surface area contributed by atoms with Gasteiger partial charge in [0, 0.05) is 47.2 Å². The molecule has 0 amide bonds. The van der Waals surface area contributed by atoms with Crippen LogP contribution in [0.1, 0.15) is 34.6 Å². The van der Waals surface area contributed by atoms with Gasteiger partial charge in [-0.3, -0.25) is 9.36 Å². The van der Waals surface area contributed by atoms with E-state index in [0.29, 0.717) is 57.3 Å². The highest BCUT2D eigenvalue weighted by atomic mass is 36.0. The minimum absolute atomic E-state index is 0.222. The third-order valence-electron chi connectivity index (χ3n) is 8.76. The number of aryl methyl sites for hydroxylation is 4. The topological polar surface area (TPSA) is 209 Å². The van der Waals surface area contributed by atoms with Gasteiger partial charge in [0.15, 0.2) is 5.82 Å². The van der Waals surface area contributed by atoms with Gasteiger partial charge in [0.05, 0.1) is 47.5 Å². The summed E-state index contributed by atoms with van der Waals surface area (Å²) in [6, 6.07) is 7.69. The molecule has 2 aromatic carbocycles. The zero-order chi connectivity index (χ0) is 41.3. The second-order valence-corrected chi connectivity index (χ2v) is 19.5. The van der Waals surface area contributed by atoms with E-state index >= 15 is 0 Å². The molecule has 0 atom stereocenters. The van der Waals surface area contributed by atoms with Gasteiger partial charge in [0.2, 0.25) is 0 Å². The predicted octanol–water partition coefficient (Wildman–Crippen LogP) is 9.83. The smallest absolute Gasteiger partial charge is 0.339 e. The van der Waals surface area contributed by atoms with Crippen molar-refractivity contribution in [1.82, 2.24) is 40.2 Å². The van der Waals surface area contributed by atoms with Crippen LogP contribution in [-0.4, -0.2) is 68.7 Å². The van der Waals surface area contributed by atoms with E-state index in [0.717, 1.165) is 66.6 Å². The van der Waals surface area contributed by atoms with E-state index in [2.05, 4.69) is 73.9 Å². The van der Waals surface area contributed by atoms with Crippen LogP contribution in [0.15, 0.2) is 38.1 Å². The number of rotatable bonds is 8. The third kappa shape index (κ3) is 8.77. The van der Waals surface area contributed by atoms with Gasteiger partial charge >= 0.3 is 5.20 Å². The zero-order valence-corrected chi connectivity index (χ0v) is 35.6. The molecular formula is C36H35Cl4N8O8P. The van der Waals surface area contributed by atoms with Crippen LogP contribution in [-0.2, 0) is 27.3 Å². The molecule has 8 rings (SSSR count). The van der Waals surface area contributed by atoms with Gasteiger partial charge in [0.1, 0.15) is 58.5 Å². The van der Waals surface area contributed by atoms with Crippen LogP contribution >= 0.6 is 50.5 Å². The number of methoxy groups -OCH3 is 4.